The van der Waals surface area contributed by atoms with Crippen LogP contribution in [-0.4, -0.2) is 48.9 Å². The molecular formula is C47H60O8. The van der Waals surface area contributed by atoms with Crippen LogP contribution in [0.3, 0.4) is 0 Å². The van der Waals surface area contributed by atoms with E-state index >= 15 is 0 Å². The summed E-state index contributed by atoms with van der Waals surface area (Å²) < 4.78 is 32.3. The van der Waals surface area contributed by atoms with Crippen molar-refractivity contribution in [2.45, 2.75) is 110 Å². The zero-order valence-corrected chi connectivity index (χ0v) is 32.9. The van der Waals surface area contributed by atoms with Gasteiger partial charge in [0.05, 0.1) is 24.9 Å². The SMILES string of the molecule is C[C@H](CCC(=O)O)[C@H]1CC[C@H]2[C@@H]3[C@H](OCOCc4ccccc4)C[C@H]4[C@@H](OCOCc5ccccc5)[C@H](OC(=O)c5ccccc5)CC[C@]4(C)[C@H]3CC[C@]12C. The van der Waals surface area contributed by atoms with Crippen LogP contribution in [0.4, 0.5) is 0 Å². The third-order valence-electron chi connectivity index (χ3n) is 14.4. The number of ether oxygens (including phenoxy) is 5. The number of carbonyl (C=O) groups excluding carboxylic acids is 1. The number of fused-ring (bicyclic) bond motifs is 5. The molecule has 0 aliphatic heterocycles. The van der Waals surface area contributed by atoms with Crippen molar-refractivity contribution in [3.63, 3.8) is 0 Å². The van der Waals surface area contributed by atoms with Crippen molar-refractivity contribution in [3.05, 3.63) is 108 Å². The molecule has 3 aromatic rings. The summed E-state index contributed by atoms with van der Waals surface area (Å²) in [6.45, 7) is 8.46. The molecule has 0 unspecified atom stereocenters. The van der Waals surface area contributed by atoms with Gasteiger partial charge in [0.15, 0.2) is 0 Å². The molecule has 0 aromatic heterocycles. The molecule has 4 saturated carbocycles. The smallest absolute Gasteiger partial charge is 0.338 e. The van der Waals surface area contributed by atoms with Crippen molar-refractivity contribution in [3.8, 4) is 0 Å². The molecule has 0 saturated heterocycles. The van der Waals surface area contributed by atoms with Crippen LogP contribution >= 0.6 is 0 Å². The fourth-order valence-electron chi connectivity index (χ4n) is 11.8. The Morgan fingerprint density at radius 1 is 0.709 bits per heavy atom. The maximum absolute atomic E-state index is 13.5. The lowest BCUT2D eigenvalue weighted by atomic mass is 9.43. The van der Waals surface area contributed by atoms with Crippen LogP contribution in [0, 0.1) is 46.3 Å². The van der Waals surface area contributed by atoms with Crippen LogP contribution in [0.25, 0.3) is 0 Å². The fraction of sp³-hybridized carbons (Fsp3) is 0.574. The first-order valence-electron chi connectivity index (χ1n) is 20.6. The van der Waals surface area contributed by atoms with Gasteiger partial charge in [-0.05, 0) is 121 Å². The van der Waals surface area contributed by atoms with E-state index in [1.165, 1.54) is 0 Å². The molecule has 4 aliphatic carbocycles. The highest BCUT2D eigenvalue weighted by Gasteiger charge is 2.65. The van der Waals surface area contributed by atoms with Gasteiger partial charge in [-0.15, -0.1) is 0 Å². The first-order valence-corrected chi connectivity index (χ1v) is 20.6. The predicted octanol–water partition coefficient (Wildman–Crippen LogP) is 9.71. The van der Waals surface area contributed by atoms with Crippen molar-refractivity contribution >= 4 is 11.9 Å². The number of hydrogen-bond donors (Lipinski definition) is 1. The highest BCUT2D eigenvalue weighted by Crippen LogP contribution is 2.69. The summed E-state index contributed by atoms with van der Waals surface area (Å²) in [5, 5.41) is 9.50. The number of aliphatic carboxylic acids is 1. The highest BCUT2D eigenvalue weighted by molar-refractivity contribution is 5.89. The molecule has 296 valence electrons. The Kier molecular flexibility index (Phi) is 12.8. The number of rotatable bonds is 16. The Balaban J connectivity index is 1.15. The highest BCUT2D eigenvalue weighted by atomic mass is 16.7. The van der Waals surface area contributed by atoms with Crippen LogP contribution in [0.1, 0.15) is 100 Å². The Hall–Kier alpha value is -3.56. The van der Waals surface area contributed by atoms with Crippen LogP contribution in [0.2, 0.25) is 0 Å². The lowest BCUT2D eigenvalue weighted by Gasteiger charge is -2.64. The summed E-state index contributed by atoms with van der Waals surface area (Å²) in [4.78, 5) is 25.1. The van der Waals surface area contributed by atoms with Crippen molar-refractivity contribution in [2.75, 3.05) is 13.6 Å². The van der Waals surface area contributed by atoms with Gasteiger partial charge in [0, 0.05) is 6.42 Å². The van der Waals surface area contributed by atoms with E-state index in [-0.39, 0.29) is 54.9 Å². The Morgan fingerprint density at radius 2 is 1.29 bits per heavy atom. The number of carboxylic acid groups (broad SMARTS) is 1. The van der Waals surface area contributed by atoms with Gasteiger partial charge in [-0.3, -0.25) is 4.79 Å². The minimum absolute atomic E-state index is 0.0521. The molecule has 7 rings (SSSR count). The van der Waals surface area contributed by atoms with Gasteiger partial charge in [0.1, 0.15) is 25.8 Å². The second-order valence-electron chi connectivity index (χ2n) is 17.4. The zero-order valence-electron chi connectivity index (χ0n) is 32.9. The first kappa shape index (κ1) is 39.7. The standard InChI is InChI=1S/C47H60O8/c1-32(19-22-42(48)49)36-20-21-37-43-38(23-25-46(36,37)2)47(3)26-24-40(55-45(50)35-17-11-6-12-18-35)44(54-31-52-29-34-15-9-5-10-16-34)39(47)27-41(43)53-30-51-28-33-13-7-4-8-14-33/h4-18,32,36-41,43-44H,19-31H2,1-3H3,(H,48,49)/t32-,36-,37+,38+,39+,40-,41-,43+,44-,46-,47-/m1/s1. The Morgan fingerprint density at radius 3 is 1.93 bits per heavy atom. The molecular weight excluding hydrogens is 693 g/mol. The second kappa shape index (κ2) is 17.7. The molecule has 11 atom stereocenters. The van der Waals surface area contributed by atoms with E-state index in [2.05, 4.69) is 32.9 Å². The monoisotopic (exact) mass is 752 g/mol. The first-order chi connectivity index (χ1) is 26.7. The number of carboxylic acids is 1. The molecule has 4 fully saturated rings. The Bertz CT molecular complexity index is 1680. The molecule has 3 aromatic carbocycles. The summed E-state index contributed by atoms with van der Waals surface area (Å²) in [6.07, 6.45) is 7.02. The normalized spacial score (nSPS) is 33.1. The van der Waals surface area contributed by atoms with E-state index in [0.717, 1.165) is 62.5 Å². The van der Waals surface area contributed by atoms with Gasteiger partial charge >= 0.3 is 11.9 Å². The van der Waals surface area contributed by atoms with Gasteiger partial charge in [-0.25, -0.2) is 4.79 Å². The largest absolute Gasteiger partial charge is 0.481 e. The quantitative estimate of drug-likeness (QED) is 0.0878. The lowest BCUT2D eigenvalue weighted by Crippen LogP contribution is -2.63. The molecule has 0 radical (unpaired) electrons. The third-order valence-corrected chi connectivity index (χ3v) is 14.4. The van der Waals surface area contributed by atoms with Crippen LogP contribution in [0.15, 0.2) is 91.0 Å². The summed E-state index contributed by atoms with van der Waals surface area (Å²) in [7, 11) is 0. The summed E-state index contributed by atoms with van der Waals surface area (Å²) in [5.41, 5.74) is 2.80. The van der Waals surface area contributed by atoms with Gasteiger partial charge in [0.25, 0.3) is 0 Å². The number of hydrogen-bond acceptors (Lipinski definition) is 7. The summed E-state index contributed by atoms with van der Waals surface area (Å²) in [5.74, 6) is 1.10. The second-order valence-corrected chi connectivity index (χ2v) is 17.4. The van der Waals surface area contributed by atoms with Gasteiger partial charge in [0.2, 0.25) is 0 Å². The molecule has 0 spiro atoms. The topological polar surface area (TPSA) is 101 Å². The van der Waals surface area contributed by atoms with E-state index in [1.807, 2.05) is 66.7 Å². The molecule has 1 N–H and O–H groups in total. The maximum atomic E-state index is 13.5. The van der Waals surface area contributed by atoms with Crippen LogP contribution < -0.4 is 0 Å². The van der Waals surface area contributed by atoms with E-state index in [0.29, 0.717) is 48.4 Å². The van der Waals surface area contributed by atoms with Crippen LogP contribution in [0.5, 0.6) is 0 Å². The minimum atomic E-state index is -0.710. The molecule has 4 aliphatic rings. The third kappa shape index (κ3) is 8.73. The van der Waals surface area contributed by atoms with E-state index in [9.17, 15) is 14.7 Å². The average molecular weight is 753 g/mol. The van der Waals surface area contributed by atoms with Gasteiger partial charge < -0.3 is 28.8 Å². The van der Waals surface area contributed by atoms with E-state index < -0.39 is 12.1 Å². The number of esters is 1. The van der Waals surface area contributed by atoms with Gasteiger partial charge in [-0.2, -0.15) is 0 Å². The average Bonchev–Trinajstić information content (AvgIpc) is 3.56. The fourth-order valence-corrected chi connectivity index (χ4v) is 11.8. The maximum Gasteiger partial charge on any atom is 0.338 e. The molecule has 0 bridgehead atoms. The van der Waals surface area contributed by atoms with Crippen molar-refractivity contribution < 1.29 is 38.4 Å². The molecule has 55 heavy (non-hydrogen) atoms. The van der Waals surface area contributed by atoms with Crippen LogP contribution in [-0.2, 0) is 41.7 Å². The molecule has 8 nitrogen and oxygen atoms in total. The van der Waals surface area contributed by atoms with Gasteiger partial charge in [-0.1, -0.05) is 99.6 Å². The van der Waals surface area contributed by atoms with E-state index in [1.54, 1.807) is 12.1 Å². The molecule has 8 heteroatoms. The van der Waals surface area contributed by atoms with E-state index in [4.69, 9.17) is 23.7 Å². The molecule has 0 amide bonds. The zero-order chi connectivity index (χ0) is 38.4. The Labute approximate surface area is 327 Å². The molecule has 0 heterocycles. The number of carbonyl (C=O) groups is 2. The summed E-state index contributed by atoms with van der Waals surface area (Å²) in [6, 6.07) is 29.5. The van der Waals surface area contributed by atoms with Crippen molar-refractivity contribution in [1.82, 2.24) is 0 Å². The number of benzene rings is 3. The minimum Gasteiger partial charge on any atom is -0.481 e. The van der Waals surface area contributed by atoms with Crippen molar-refractivity contribution in [2.24, 2.45) is 46.3 Å². The summed E-state index contributed by atoms with van der Waals surface area (Å²) >= 11 is 0. The lowest BCUT2D eigenvalue weighted by molar-refractivity contribution is -0.251. The van der Waals surface area contributed by atoms with Crippen molar-refractivity contribution in [1.29, 1.82) is 0 Å². The predicted molar refractivity (Wildman–Crippen MR) is 210 cm³/mol.